The molecule has 0 aliphatic heterocycles. The fourth-order valence-electron chi connectivity index (χ4n) is 1.63. The lowest BCUT2D eigenvalue weighted by molar-refractivity contribution is 0.208. The first-order valence-corrected chi connectivity index (χ1v) is 6.22. The number of hydrogen-bond donors (Lipinski definition) is 1. The van der Waals surface area contributed by atoms with Gasteiger partial charge in [0.2, 0.25) is 5.75 Å². The second-order valence-electron chi connectivity index (χ2n) is 4.66. The van der Waals surface area contributed by atoms with Crippen LogP contribution in [0.2, 0.25) is 0 Å². The smallest absolute Gasteiger partial charge is 0.203 e. The summed E-state index contributed by atoms with van der Waals surface area (Å²) in [6.07, 6.45) is 0.137. The molecular formula is C14H23NO3. The van der Waals surface area contributed by atoms with Crippen molar-refractivity contribution in [2.75, 3.05) is 7.11 Å². The average Bonchev–Trinajstić information content (AvgIpc) is 2.27. The van der Waals surface area contributed by atoms with Crippen LogP contribution in [0, 0.1) is 0 Å². The highest BCUT2D eigenvalue weighted by atomic mass is 16.5. The second-order valence-corrected chi connectivity index (χ2v) is 4.66. The maximum atomic E-state index is 5.74. The van der Waals surface area contributed by atoms with E-state index in [1.807, 2.05) is 39.8 Å². The topological polar surface area (TPSA) is 53.7 Å². The van der Waals surface area contributed by atoms with E-state index in [4.69, 9.17) is 19.9 Å². The summed E-state index contributed by atoms with van der Waals surface area (Å²) in [7, 11) is 1.61. The van der Waals surface area contributed by atoms with Crippen LogP contribution >= 0.6 is 0 Å². The van der Waals surface area contributed by atoms with E-state index in [9.17, 15) is 0 Å². The third-order valence-electron chi connectivity index (χ3n) is 2.25. The minimum absolute atomic E-state index is 0.0684. The summed E-state index contributed by atoms with van der Waals surface area (Å²) in [4.78, 5) is 0. The van der Waals surface area contributed by atoms with Crippen molar-refractivity contribution in [2.24, 2.45) is 5.73 Å². The Hall–Kier alpha value is -1.42. The SMILES string of the molecule is COc1c(OC(C)C)cc(CN)cc1OC(C)C. The molecule has 0 heterocycles. The van der Waals surface area contributed by atoms with Crippen LogP contribution in [0.5, 0.6) is 17.2 Å². The van der Waals surface area contributed by atoms with Crippen molar-refractivity contribution >= 4 is 0 Å². The molecule has 0 spiro atoms. The maximum Gasteiger partial charge on any atom is 0.203 e. The van der Waals surface area contributed by atoms with Gasteiger partial charge in [0, 0.05) is 6.54 Å². The molecule has 0 atom stereocenters. The predicted molar refractivity (Wildman–Crippen MR) is 72.4 cm³/mol. The number of benzene rings is 1. The molecular weight excluding hydrogens is 230 g/mol. The Labute approximate surface area is 109 Å². The molecule has 1 aromatic carbocycles. The van der Waals surface area contributed by atoms with Crippen LogP contribution in [-0.4, -0.2) is 19.3 Å². The Morgan fingerprint density at radius 2 is 1.44 bits per heavy atom. The lowest BCUT2D eigenvalue weighted by Crippen LogP contribution is -2.11. The number of ether oxygens (including phenoxy) is 3. The summed E-state index contributed by atoms with van der Waals surface area (Å²) >= 11 is 0. The van der Waals surface area contributed by atoms with E-state index in [1.54, 1.807) is 7.11 Å². The molecule has 0 amide bonds. The average molecular weight is 253 g/mol. The van der Waals surface area contributed by atoms with Gasteiger partial charge in [0.15, 0.2) is 11.5 Å². The highest BCUT2D eigenvalue weighted by Gasteiger charge is 2.16. The first-order chi connectivity index (χ1) is 8.47. The van der Waals surface area contributed by atoms with Crippen molar-refractivity contribution in [2.45, 2.75) is 46.4 Å². The van der Waals surface area contributed by atoms with Crippen molar-refractivity contribution in [3.05, 3.63) is 17.7 Å². The van der Waals surface area contributed by atoms with E-state index in [0.29, 0.717) is 23.8 Å². The van der Waals surface area contributed by atoms with Gasteiger partial charge in [0.25, 0.3) is 0 Å². The predicted octanol–water partition coefficient (Wildman–Crippen LogP) is 2.73. The van der Waals surface area contributed by atoms with E-state index in [1.165, 1.54) is 0 Å². The minimum atomic E-state index is 0.0684. The highest BCUT2D eigenvalue weighted by Crippen LogP contribution is 2.39. The zero-order valence-electron chi connectivity index (χ0n) is 11.8. The molecule has 0 saturated heterocycles. The van der Waals surface area contributed by atoms with Crippen LogP contribution in [0.1, 0.15) is 33.3 Å². The monoisotopic (exact) mass is 253 g/mol. The van der Waals surface area contributed by atoms with Gasteiger partial charge in [0.05, 0.1) is 19.3 Å². The van der Waals surface area contributed by atoms with E-state index in [2.05, 4.69) is 0 Å². The summed E-state index contributed by atoms with van der Waals surface area (Å²) in [5, 5.41) is 0. The highest BCUT2D eigenvalue weighted by molar-refractivity contribution is 5.54. The van der Waals surface area contributed by atoms with Gasteiger partial charge in [-0.3, -0.25) is 0 Å². The number of rotatable bonds is 6. The molecule has 0 aliphatic carbocycles. The third-order valence-corrected chi connectivity index (χ3v) is 2.25. The molecule has 18 heavy (non-hydrogen) atoms. The Balaban J connectivity index is 3.20. The third kappa shape index (κ3) is 3.81. The molecule has 0 bridgehead atoms. The Morgan fingerprint density at radius 1 is 1.00 bits per heavy atom. The van der Waals surface area contributed by atoms with Crippen LogP contribution in [0.25, 0.3) is 0 Å². The van der Waals surface area contributed by atoms with Crippen molar-refractivity contribution in [1.82, 2.24) is 0 Å². The van der Waals surface area contributed by atoms with Gasteiger partial charge in [-0.15, -0.1) is 0 Å². The molecule has 4 heteroatoms. The first kappa shape index (κ1) is 14.6. The molecule has 0 saturated carbocycles. The van der Waals surface area contributed by atoms with Gasteiger partial charge in [-0.25, -0.2) is 0 Å². The van der Waals surface area contributed by atoms with Gasteiger partial charge in [0.1, 0.15) is 0 Å². The molecule has 2 N–H and O–H groups in total. The Morgan fingerprint density at radius 3 is 1.72 bits per heavy atom. The molecule has 0 aromatic heterocycles. The summed E-state index contributed by atoms with van der Waals surface area (Å²) in [5.74, 6) is 1.96. The maximum absolute atomic E-state index is 5.74. The lowest BCUT2D eigenvalue weighted by Gasteiger charge is -2.19. The van der Waals surface area contributed by atoms with Crippen molar-refractivity contribution in [3.8, 4) is 17.2 Å². The van der Waals surface area contributed by atoms with Gasteiger partial charge in [-0.1, -0.05) is 0 Å². The molecule has 1 rings (SSSR count). The van der Waals surface area contributed by atoms with Crippen molar-refractivity contribution < 1.29 is 14.2 Å². The summed E-state index contributed by atoms with van der Waals surface area (Å²) in [6.45, 7) is 8.32. The molecule has 0 aliphatic rings. The number of hydrogen-bond acceptors (Lipinski definition) is 4. The molecule has 102 valence electrons. The van der Waals surface area contributed by atoms with E-state index in [-0.39, 0.29) is 12.2 Å². The zero-order chi connectivity index (χ0) is 13.7. The van der Waals surface area contributed by atoms with Crippen LogP contribution in [0.3, 0.4) is 0 Å². The van der Waals surface area contributed by atoms with Crippen LogP contribution in [-0.2, 0) is 6.54 Å². The van der Waals surface area contributed by atoms with Gasteiger partial charge in [-0.05, 0) is 45.4 Å². The molecule has 0 radical (unpaired) electrons. The van der Waals surface area contributed by atoms with Crippen LogP contribution in [0.15, 0.2) is 12.1 Å². The zero-order valence-corrected chi connectivity index (χ0v) is 11.8. The summed E-state index contributed by atoms with van der Waals surface area (Å²) < 4.78 is 16.9. The largest absolute Gasteiger partial charge is 0.490 e. The van der Waals surface area contributed by atoms with Crippen molar-refractivity contribution in [1.29, 1.82) is 0 Å². The standard InChI is InChI=1S/C14H23NO3/c1-9(2)17-12-6-11(8-15)7-13(14(12)16-5)18-10(3)4/h6-7,9-10H,8,15H2,1-5H3. The van der Waals surface area contributed by atoms with Crippen molar-refractivity contribution in [3.63, 3.8) is 0 Å². The molecule has 1 aromatic rings. The molecule has 0 unspecified atom stereocenters. The minimum Gasteiger partial charge on any atom is -0.490 e. The normalized spacial score (nSPS) is 10.9. The fraction of sp³-hybridized carbons (Fsp3) is 0.571. The Kier molecular flexibility index (Phi) is 5.28. The quantitative estimate of drug-likeness (QED) is 0.847. The van der Waals surface area contributed by atoms with E-state index < -0.39 is 0 Å². The van der Waals surface area contributed by atoms with E-state index in [0.717, 1.165) is 5.56 Å². The number of methoxy groups -OCH3 is 1. The molecule has 4 nitrogen and oxygen atoms in total. The summed E-state index contributed by atoms with van der Waals surface area (Å²) in [6, 6.07) is 3.79. The number of nitrogens with two attached hydrogens (primary N) is 1. The lowest BCUT2D eigenvalue weighted by atomic mass is 10.1. The van der Waals surface area contributed by atoms with Gasteiger partial charge >= 0.3 is 0 Å². The first-order valence-electron chi connectivity index (χ1n) is 6.22. The summed E-state index contributed by atoms with van der Waals surface area (Å²) in [5.41, 5.74) is 6.65. The second kappa shape index (κ2) is 6.50. The van der Waals surface area contributed by atoms with E-state index >= 15 is 0 Å². The Bertz CT molecular complexity index is 358. The fourth-order valence-corrected chi connectivity index (χ4v) is 1.63. The molecule has 0 fully saturated rings. The van der Waals surface area contributed by atoms with Crippen LogP contribution < -0.4 is 19.9 Å². The van der Waals surface area contributed by atoms with Crippen LogP contribution in [0.4, 0.5) is 0 Å². The van der Waals surface area contributed by atoms with Gasteiger partial charge < -0.3 is 19.9 Å². The van der Waals surface area contributed by atoms with Gasteiger partial charge in [-0.2, -0.15) is 0 Å².